The number of rotatable bonds is 7. The number of anilines is 1. The lowest BCUT2D eigenvalue weighted by molar-refractivity contribution is -0.123. The van der Waals surface area contributed by atoms with Crippen molar-refractivity contribution in [2.45, 2.75) is 45.8 Å². The van der Waals surface area contributed by atoms with Crippen LogP contribution >= 0.6 is 0 Å². The highest BCUT2D eigenvalue weighted by molar-refractivity contribution is 6.05. The molecule has 1 saturated heterocycles. The molecule has 3 aromatic rings. The average Bonchev–Trinajstić information content (AvgIpc) is 3.52. The lowest BCUT2D eigenvalue weighted by Crippen LogP contribution is -2.43. The Morgan fingerprint density at radius 3 is 2.61 bits per heavy atom. The highest BCUT2D eigenvalue weighted by atomic mass is 16.4. The standard InChI is InChI=1S/C23H25N5O5/c1-12(29)18-10-19(28-27-18)22(31)24-11-20-14(3)33-23(26-20)15-5-4-6-16(9-15)25-21(30)17-7-8-32-13(17)2/h4-9,18-19,27-28H,10-11H2,1-3H3,(H,24,31)(H,25,30). The summed E-state index contributed by atoms with van der Waals surface area (Å²) < 4.78 is 11.0. The first-order chi connectivity index (χ1) is 15.8. The van der Waals surface area contributed by atoms with E-state index in [1.54, 1.807) is 38.1 Å². The fourth-order valence-electron chi connectivity index (χ4n) is 3.55. The van der Waals surface area contributed by atoms with E-state index in [9.17, 15) is 14.4 Å². The van der Waals surface area contributed by atoms with E-state index in [0.29, 0.717) is 46.3 Å². The molecule has 0 aliphatic carbocycles. The van der Waals surface area contributed by atoms with Crippen LogP contribution in [0.3, 0.4) is 0 Å². The Kier molecular flexibility index (Phi) is 6.38. The number of hydrogen-bond acceptors (Lipinski definition) is 8. The fourth-order valence-corrected chi connectivity index (χ4v) is 3.55. The molecule has 33 heavy (non-hydrogen) atoms. The summed E-state index contributed by atoms with van der Waals surface area (Å²) in [6.07, 6.45) is 1.86. The number of ketones is 1. The van der Waals surface area contributed by atoms with E-state index in [1.165, 1.54) is 13.2 Å². The maximum atomic E-state index is 12.4. The van der Waals surface area contributed by atoms with E-state index < -0.39 is 6.04 Å². The minimum absolute atomic E-state index is 0.0203. The number of furan rings is 1. The van der Waals surface area contributed by atoms with Gasteiger partial charge in [-0.1, -0.05) is 6.07 Å². The third-order valence-corrected chi connectivity index (χ3v) is 5.50. The highest BCUT2D eigenvalue weighted by Gasteiger charge is 2.31. The van der Waals surface area contributed by atoms with E-state index in [1.807, 2.05) is 6.07 Å². The zero-order chi connectivity index (χ0) is 23.5. The molecular formula is C23H25N5O5. The molecule has 0 radical (unpaired) electrons. The molecule has 1 aliphatic rings. The van der Waals surface area contributed by atoms with Gasteiger partial charge in [0.1, 0.15) is 29.0 Å². The van der Waals surface area contributed by atoms with Gasteiger partial charge in [-0.25, -0.2) is 15.8 Å². The number of hydrazine groups is 1. The Morgan fingerprint density at radius 2 is 1.91 bits per heavy atom. The van der Waals surface area contributed by atoms with Gasteiger partial charge in [-0.2, -0.15) is 0 Å². The van der Waals surface area contributed by atoms with E-state index in [0.717, 1.165) is 0 Å². The van der Waals surface area contributed by atoms with E-state index in [-0.39, 0.29) is 30.2 Å². The van der Waals surface area contributed by atoms with Crippen LogP contribution in [0.25, 0.3) is 11.5 Å². The molecule has 3 heterocycles. The number of nitrogens with zero attached hydrogens (tertiary/aromatic N) is 1. The van der Waals surface area contributed by atoms with Crippen LogP contribution in [-0.4, -0.2) is 34.7 Å². The maximum absolute atomic E-state index is 12.4. The van der Waals surface area contributed by atoms with Crippen molar-refractivity contribution in [3.8, 4) is 11.5 Å². The molecule has 0 bridgehead atoms. The van der Waals surface area contributed by atoms with Gasteiger partial charge >= 0.3 is 0 Å². The van der Waals surface area contributed by atoms with Crippen molar-refractivity contribution in [3.05, 3.63) is 59.4 Å². The van der Waals surface area contributed by atoms with Crippen LogP contribution in [0.5, 0.6) is 0 Å². The molecule has 10 nitrogen and oxygen atoms in total. The normalized spacial score (nSPS) is 17.7. The van der Waals surface area contributed by atoms with Crippen molar-refractivity contribution < 1.29 is 23.2 Å². The molecule has 2 amide bonds. The first-order valence-corrected chi connectivity index (χ1v) is 10.5. The van der Waals surface area contributed by atoms with Gasteiger partial charge in [-0.3, -0.25) is 14.4 Å². The van der Waals surface area contributed by atoms with Crippen molar-refractivity contribution in [2.75, 3.05) is 5.32 Å². The molecule has 0 spiro atoms. The molecule has 1 aliphatic heterocycles. The SMILES string of the molecule is CC(=O)C1CC(C(=O)NCc2nc(-c3cccc(NC(=O)c4ccoc4C)c3)oc2C)NN1. The lowest BCUT2D eigenvalue weighted by Gasteiger charge is -2.09. The molecule has 2 unspecified atom stereocenters. The van der Waals surface area contributed by atoms with Crippen molar-refractivity contribution in [2.24, 2.45) is 0 Å². The molecular weight excluding hydrogens is 426 g/mol. The number of hydrogen-bond donors (Lipinski definition) is 4. The second kappa shape index (κ2) is 9.39. The molecule has 1 aromatic carbocycles. The smallest absolute Gasteiger partial charge is 0.259 e. The van der Waals surface area contributed by atoms with Crippen LogP contribution in [0.1, 0.15) is 40.9 Å². The maximum Gasteiger partial charge on any atom is 0.259 e. The number of Topliss-reactive ketones (excluding diaryl/α,β-unsaturated/α-hetero) is 1. The van der Waals surface area contributed by atoms with Crippen molar-refractivity contribution >= 4 is 23.3 Å². The first-order valence-electron chi connectivity index (χ1n) is 10.5. The summed E-state index contributed by atoms with van der Waals surface area (Å²) >= 11 is 0. The molecule has 2 atom stereocenters. The molecule has 4 N–H and O–H groups in total. The van der Waals surface area contributed by atoms with Crippen LogP contribution in [0.2, 0.25) is 0 Å². The van der Waals surface area contributed by atoms with Crippen LogP contribution < -0.4 is 21.5 Å². The zero-order valence-corrected chi connectivity index (χ0v) is 18.5. The first kappa shape index (κ1) is 22.4. The summed E-state index contributed by atoms with van der Waals surface area (Å²) in [6.45, 7) is 5.17. The molecule has 172 valence electrons. The number of carbonyl (C=O) groups is 3. The Morgan fingerprint density at radius 1 is 1.12 bits per heavy atom. The Labute approximate surface area is 190 Å². The third kappa shape index (κ3) is 5.02. The van der Waals surface area contributed by atoms with Gasteiger partial charge < -0.3 is 19.5 Å². The van der Waals surface area contributed by atoms with Crippen LogP contribution in [0.15, 0.2) is 45.4 Å². The van der Waals surface area contributed by atoms with Crippen molar-refractivity contribution in [1.29, 1.82) is 0 Å². The molecule has 2 aromatic heterocycles. The second-order valence-corrected chi connectivity index (χ2v) is 7.91. The Balaban J connectivity index is 1.40. The molecule has 4 rings (SSSR count). The van der Waals surface area contributed by atoms with Gasteiger partial charge in [0, 0.05) is 11.3 Å². The minimum Gasteiger partial charge on any atom is -0.469 e. The Hall–Kier alpha value is -3.76. The predicted molar refractivity (Wildman–Crippen MR) is 119 cm³/mol. The summed E-state index contributed by atoms with van der Waals surface area (Å²) in [5.41, 5.74) is 7.99. The number of oxazole rings is 1. The second-order valence-electron chi connectivity index (χ2n) is 7.91. The highest BCUT2D eigenvalue weighted by Crippen LogP contribution is 2.25. The van der Waals surface area contributed by atoms with Crippen LogP contribution in [0, 0.1) is 13.8 Å². The average molecular weight is 451 g/mol. The van der Waals surface area contributed by atoms with Gasteiger partial charge in [0.25, 0.3) is 5.91 Å². The summed E-state index contributed by atoms with van der Waals surface area (Å²) in [6, 6.07) is 7.89. The quantitative estimate of drug-likeness (QED) is 0.429. The van der Waals surface area contributed by atoms with E-state index in [2.05, 4.69) is 26.5 Å². The van der Waals surface area contributed by atoms with Gasteiger partial charge in [-0.15, -0.1) is 0 Å². The summed E-state index contributed by atoms with van der Waals surface area (Å²) in [4.78, 5) is 40.8. The van der Waals surface area contributed by atoms with Crippen molar-refractivity contribution in [3.63, 3.8) is 0 Å². The fraction of sp³-hybridized carbons (Fsp3) is 0.304. The third-order valence-electron chi connectivity index (χ3n) is 5.50. The molecule has 1 fully saturated rings. The monoisotopic (exact) mass is 451 g/mol. The summed E-state index contributed by atoms with van der Waals surface area (Å²) in [5, 5.41) is 5.66. The predicted octanol–water partition coefficient (Wildman–Crippen LogP) is 2.24. The number of carbonyl (C=O) groups excluding carboxylic acids is 3. The van der Waals surface area contributed by atoms with Gasteiger partial charge in [0.2, 0.25) is 11.8 Å². The minimum atomic E-state index is -0.496. The van der Waals surface area contributed by atoms with Gasteiger partial charge in [0.05, 0.1) is 24.4 Å². The lowest BCUT2D eigenvalue weighted by atomic mass is 10.1. The molecule has 0 saturated carbocycles. The number of aromatic nitrogens is 1. The number of nitrogens with one attached hydrogen (secondary N) is 4. The van der Waals surface area contributed by atoms with Crippen LogP contribution in [0.4, 0.5) is 5.69 Å². The molecule has 10 heteroatoms. The largest absolute Gasteiger partial charge is 0.469 e. The summed E-state index contributed by atoms with van der Waals surface area (Å²) in [5.74, 6) is 0.978. The van der Waals surface area contributed by atoms with Gasteiger partial charge in [0.15, 0.2) is 0 Å². The number of amides is 2. The van der Waals surface area contributed by atoms with Crippen LogP contribution in [-0.2, 0) is 16.1 Å². The topological polar surface area (TPSA) is 138 Å². The zero-order valence-electron chi connectivity index (χ0n) is 18.5. The van der Waals surface area contributed by atoms with E-state index in [4.69, 9.17) is 8.83 Å². The number of aryl methyl sites for hydroxylation is 2. The number of benzene rings is 1. The summed E-state index contributed by atoms with van der Waals surface area (Å²) in [7, 11) is 0. The Bertz CT molecular complexity index is 1200. The van der Waals surface area contributed by atoms with Gasteiger partial charge in [-0.05, 0) is 51.5 Å². The van der Waals surface area contributed by atoms with E-state index >= 15 is 0 Å². The van der Waals surface area contributed by atoms with Crippen molar-refractivity contribution in [1.82, 2.24) is 21.2 Å².